The molecule has 1 heterocycles. The van der Waals surface area contributed by atoms with Gasteiger partial charge in [0.15, 0.2) is 11.6 Å². The molecular weight excluding hydrogens is 223 g/mol. The second-order valence-electron chi connectivity index (χ2n) is 4.16. The maximum absolute atomic E-state index is 13.5. The molecule has 1 aliphatic heterocycles. The minimum Gasteiger partial charge on any atom is -0.494 e. The number of ketones is 1. The van der Waals surface area contributed by atoms with E-state index in [1.54, 1.807) is 12.1 Å². The zero-order valence-corrected chi connectivity index (χ0v) is 9.74. The van der Waals surface area contributed by atoms with Crippen molar-refractivity contribution in [1.82, 2.24) is 0 Å². The Balaban J connectivity index is 2.07. The summed E-state index contributed by atoms with van der Waals surface area (Å²) in [7, 11) is 1.43. The van der Waals surface area contributed by atoms with Crippen LogP contribution >= 0.6 is 0 Å². The van der Waals surface area contributed by atoms with Gasteiger partial charge in [0.05, 0.1) is 20.3 Å². The Bertz CT molecular complexity index is 417. The van der Waals surface area contributed by atoms with Crippen LogP contribution < -0.4 is 4.74 Å². The summed E-state index contributed by atoms with van der Waals surface area (Å²) >= 11 is 0. The summed E-state index contributed by atoms with van der Waals surface area (Å²) in [5.41, 5.74) is 0.798. The lowest BCUT2D eigenvalue weighted by atomic mass is 9.93. The fraction of sp³-hybridized carbons (Fsp3) is 0.462. The molecule has 1 fully saturated rings. The first-order valence-corrected chi connectivity index (χ1v) is 5.63. The highest BCUT2D eigenvalue weighted by atomic mass is 19.1. The van der Waals surface area contributed by atoms with Crippen molar-refractivity contribution in [3.63, 3.8) is 0 Å². The van der Waals surface area contributed by atoms with Crippen LogP contribution in [0.25, 0.3) is 0 Å². The van der Waals surface area contributed by atoms with Crippen molar-refractivity contribution < 1.29 is 18.7 Å². The van der Waals surface area contributed by atoms with Crippen molar-refractivity contribution in [2.24, 2.45) is 5.92 Å². The monoisotopic (exact) mass is 238 g/mol. The number of halogens is 1. The molecular formula is C13H15FO3. The quantitative estimate of drug-likeness (QED) is 0.807. The number of carbonyl (C=O) groups is 1. The molecule has 1 aliphatic rings. The second kappa shape index (κ2) is 5.27. The molecule has 0 saturated carbocycles. The first-order valence-electron chi connectivity index (χ1n) is 5.63. The molecule has 0 spiro atoms. The summed E-state index contributed by atoms with van der Waals surface area (Å²) in [6.45, 7) is 0.943. The summed E-state index contributed by atoms with van der Waals surface area (Å²) in [4.78, 5) is 11.6. The first-order chi connectivity index (χ1) is 8.20. The number of methoxy groups -OCH3 is 1. The topological polar surface area (TPSA) is 35.5 Å². The largest absolute Gasteiger partial charge is 0.494 e. The first kappa shape index (κ1) is 12.0. The molecule has 17 heavy (non-hydrogen) atoms. The summed E-state index contributed by atoms with van der Waals surface area (Å²) < 4.78 is 23.6. The SMILES string of the molecule is COc1ccc(CC2COCCC2=O)cc1F. The van der Waals surface area contributed by atoms with E-state index in [-0.39, 0.29) is 17.5 Å². The molecule has 92 valence electrons. The van der Waals surface area contributed by atoms with E-state index in [0.717, 1.165) is 5.56 Å². The molecule has 0 amide bonds. The number of Topliss-reactive ketones (excluding diaryl/α,β-unsaturated/α-hetero) is 1. The molecule has 1 unspecified atom stereocenters. The van der Waals surface area contributed by atoms with Crippen LogP contribution in [0.1, 0.15) is 12.0 Å². The van der Waals surface area contributed by atoms with Crippen molar-refractivity contribution in [3.8, 4) is 5.75 Å². The Morgan fingerprint density at radius 1 is 1.53 bits per heavy atom. The number of hydrogen-bond acceptors (Lipinski definition) is 3. The van der Waals surface area contributed by atoms with E-state index < -0.39 is 5.82 Å². The highest BCUT2D eigenvalue weighted by molar-refractivity contribution is 5.82. The molecule has 0 radical (unpaired) electrons. The van der Waals surface area contributed by atoms with Gasteiger partial charge in [0.25, 0.3) is 0 Å². The predicted molar refractivity (Wildman–Crippen MR) is 60.6 cm³/mol. The van der Waals surface area contributed by atoms with Crippen molar-refractivity contribution in [1.29, 1.82) is 0 Å². The Labute approximate surface area is 99.5 Å². The minimum atomic E-state index is -0.394. The number of benzene rings is 1. The molecule has 0 bridgehead atoms. The van der Waals surface area contributed by atoms with E-state index >= 15 is 0 Å². The Kier molecular flexibility index (Phi) is 3.74. The van der Waals surface area contributed by atoms with Crippen LogP contribution in [-0.4, -0.2) is 26.1 Å². The van der Waals surface area contributed by atoms with Gasteiger partial charge in [0.1, 0.15) is 5.78 Å². The van der Waals surface area contributed by atoms with Crippen molar-refractivity contribution in [3.05, 3.63) is 29.6 Å². The van der Waals surface area contributed by atoms with Gasteiger partial charge in [0.2, 0.25) is 0 Å². The van der Waals surface area contributed by atoms with Crippen LogP contribution in [0.5, 0.6) is 5.75 Å². The van der Waals surface area contributed by atoms with E-state index in [4.69, 9.17) is 9.47 Å². The number of carbonyl (C=O) groups excluding carboxylic acids is 1. The molecule has 0 N–H and O–H groups in total. The lowest BCUT2D eigenvalue weighted by molar-refractivity contribution is -0.130. The molecule has 1 saturated heterocycles. The summed E-state index contributed by atoms with van der Waals surface area (Å²) in [5.74, 6) is -0.113. The molecule has 1 aromatic rings. The third kappa shape index (κ3) is 2.82. The van der Waals surface area contributed by atoms with Crippen LogP contribution in [0.4, 0.5) is 4.39 Å². The predicted octanol–water partition coefficient (Wildman–Crippen LogP) is 1.98. The summed E-state index contributed by atoms with van der Waals surface area (Å²) in [5, 5.41) is 0. The van der Waals surface area contributed by atoms with Crippen molar-refractivity contribution >= 4 is 5.78 Å². The molecule has 1 atom stereocenters. The van der Waals surface area contributed by atoms with E-state index in [1.165, 1.54) is 13.2 Å². The fourth-order valence-corrected chi connectivity index (χ4v) is 1.99. The Hall–Kier alpha value is -1.42. The Morgan fingerprint density at radius 2 is 2.35 bits per heavy atom. The molecule has 3 nitrogen and oxygen atoms in total. The van der Waals surface area contributed by atoms with Gasteiger partial charge in [-0.1, -0.05) is 6.07 Å². The molecule has 0 aromatic heterocycles. The minimum absolute atomic E-state index is 0.142. The van der Waals surface area contributed by atoms with Gasteiger partial charge < -0.3 is 9.47 Å². The number of ether oxygens (including phenoxy) is 2. The average Bonchev–Trinajstić information content (AvgIpc) is 2.32. The lowest BCUT2D eigenvalue weighted by Gasteiger charge is -2.21. The third-order valence-corrected chi connectivity index (χ3v) is 2.97. The maximum atomic E-state index is 13.5. The zero-order chi connectivity index (χ0) is 12.3. The summed E-state index contributed by atoms with van der Waals surface area (Å²) in [6.07, 6.45) is 0.989. The van der Waals surface area contributed by atoms with Gasteiger partial charge in [-0.25, -0.2) is 4.39 Å². The van der Waals surface area contributed by atoms with Gasteiger partial charge in [-0.2, -0.15) is 0 Å². The maximum Gasteiger partial charge on any atom is 0.165 e. The van der Waals surface area contributed by atoms with Crippen LogP contribution in [0.15, 0.2) is 18.2 Å². The average molecular weight is 238 g/mol. The van der Waals surface area contributed by atoms with Crippen LogP contribution in [0, 0.1) is 11.7 Å². The second-order valence-corrected chi connectivity index (χ2v) is 4.16. The van der Waals surface area contributed by atoms with E-state index in [2.05, 4.69) is 0 Å². The van der Waals surface area contributed by atoms with E-state index in [1.807, 2.05) is 0 Å². The highest BCUT2D eigenvalue weighted by Gasteiger charge is 2.23. The number of hydrogen-bond donors (Lipinski definition) is 0. The lowest BCUT2D eigenvalue weighted by Crippen LogP contribution is -2.29. The summed E-state index contributed by atoms with van der Waals surface area (Å²) in [6, 6.07) is 4.78. The van der Waals surface area contributed by atoms with Crippen LogP contribution in [0.2, 0.25) is 0 Å². The van der Waals surface area contributed by atoms with Crippen molar-refractivity contribution in [2.75, 3.05) is 20.3 Å². The molecule has 4 heteroatoms. The van der Waals surface area contributed by atoms with Gasteiger partial charge in [0, 0.05) is 12.3 Å². The molecule has 2 rings (SSSR count). The van der Waals surface area contributed by atoms with Gasteiger partial charge in [-0.05, 0) is 24.1 Å². The molecule has 1 aromatic carbocycles. The van der Waals surface area contributed by atoms with Crippen LogP contribution in [0.3, 0.4) is 0 Å². The van der Waals surface area contributed by atoms with Crippen molar-refractivity contribution in [2.45, 2.75) is 12.8 Å². The fourth-order valence-electron chi connectivity index (χ4n) is 1.99. The normalized spacial score (nSPS) is 20.4. The zero-order valence-electron chi connectivity index (χ0n) is 9.74. The Morgan fingerprint density at radius 3 is 3.00 bits per heavy atom. The highest BCUT2D eigenvalue weighted by Crippen LogP contribution is 2.21. The van der Waals surface area contributed by atoms with Gasteiger partial charge >= 0.3 is 0 Å². The van der Waals surface area contributed by atoms with Crippen LogP contribution in [-0.2, 0) is 16.0 Å². The number of rotatable bonds is 3. The van der Waals surface area contributed by atoms with E-state index in [9.17, 15) is 9.18 Å². The third-order valence-electron chi connectivity index (χ3n) is 2.97. The van der Waals surface area contributed by atoms with Gasteiger partial charge in [-0.15, -0.1) is 0 Å². The van der Waals surface area contributed by atoms with E-state index in [0.29, 0.717) is 26.1 Å². The smallest absolute Gasteiger partial charge is 0.165 e. The van der Waals surface area contributed by atoms with Gasteiger partial charge in [-0.3, -0.25) is 4.79 Å². The standard InChI is InChI=1S/C13H15FO3/c1-16-13-3-2-9(7-11(13)14)6-10-8-17-5-4-12(10)15/h2-3,7,10H,4-6,8H2,1H3. The molecule has 0 aliphatic carbocycles.